The number of hydrogen-bond acceptors (Lipinski definition) is 8. The Bertz CT molecular complexity index is 1920. The summed E-state index contributed by atoms with van der Waals surface area (Å²) in [5.41, 5.74) is 5.88. The van der Waals surface area contributed by atoms with Crippen LogP contribution in [0.3, 0.4) is 0 Å². The number of aromatic nitrogens is 2. The number of rotatable bonds is 3. The van der Waals surface area contributed by atoms with Crippen LogP contribution in [0.25, 0.3) is 21.8 Å². The Labute approximate surface area is 244 Å². The minimum absolute atomic E-state index is 0.265. The van der Waals surface area contributed by atoms with Crippen molar-refractivity contribution in [1.82, 2.24) is 14.3 Å². The van der Waals surface area contributed by atoms with E-state index in [4.69, 9.17) is 4.74 Å². The van der Waals surface area contributed by atoms with Gasteiger partial charge in [-0.3, -0.25) is 4.98 Å². The Morgan fingerprint density at radius 1 is 0.905 bits per heavy atom. The first kappa shape index (κ1) is 28.0. The van der Waals surface area contributed by atoms with Crippen molar-refractivity contribution in [3.05, 3.63) is 106 Å². The molecule has 1 saturated heterocycles. The summed E-state index contributed by atoms with van der Waals surface area (Å²) in [6, 6.07) is 21.4. The SMILES string of the molecule is Cc1ccc2c(c1)COCN2C1CCN(S(=O)(=O)c2cccc3cc(C)cnc23)CC1.O=c1nc2ccccc2co1. The van der Waals surface area contributed by atoms with E-state index < -0.39 is 15.8 Å². The van der Waals surface area contributed by atoms with Gasteiger partial charge in [0.05, 0.1) is 17.6 Å². The fourth-order valence-corrected chi connectivity index (χ4v) is 7.28. The Morgan fingerprint density at radius 3 is 2.52 bits per heavy atom. The zero-order valence-corrected chi connectivity index (χ0v) is 24.4. The van der Waals surface area contributed by atoms with Crippen LogP contribution in [0, 0.1) is 13.8 Å². The zero-order valence-electron chi connectivity index (χ0n) is 23.6. The fraction of sp³-hybridized carbons (Fsp3) is 0.281. The number of fused-ring (bicyclic) bond motifs is 3. The number of anilines is 1. The first-order valence-corrected chi connectivity index (χ1v) is 15.4. The molecule has 0 atom stereocenters. The second kappa shape index (κ2) is 11.6. The van der Waals surface area contributed by atoms with Crippen LogP contribution < -0.4 is 10.7 Å². The molecule has 5 aromatic rings. The van der Waals surface area contributed by atoms with E-state index in [2.05, 4.69) is 44.4 Å². The normalized spacial score (nSPS) is 16.2. The van der Waals surface area contributed by atoms with Gasteiger partial charge in [-0.15, -0.1) is 0 Å². The van der Waals surface area contributed by atoms with Crippen LogP contribution in [-0.2, 0) is 21.4 Å². The molecule has 2 aliphatic rings. The Balaban J connectivity index is 0.000000240. The third-order valence-corrected chi connectivity index (χ3v) is 9.69. The molecule has 0 saturated carbocycles. The largest absolute Gasteiger partial charge is 0.439 e. The molecule has 2 aliphatic heterocycles. The van der Waals surface area contributed by atoms with Gasteiger partial charge >= 0.3 is 5.76 Å². The summed E-state index contributed by atoms with van der Waals surface area (Å²) >= 11 is 0. The molecule has 0 aliphatic carbocycles. The van der Waals surface area contributed by atoms with E-state index >= 15 is 0 Å². The minimum atomic E-state index is -3.60. The molecule has 216 valence electrons. The summed E-state index contributed by atoms with van der Waals surface area (Å²) in [5.74, 6) is -0.552. The average Bonchev–Trinajstić information content (AvgIpc) is 3.00. The maximum Gasteiger partial charge on any atom is 0.439 e. The highest BCUT2D eigenvalue weighted by Gasteiger charge is 2.34. The number of ether oxygens (including phenoxy) is 1. The van der Waals surface area contributed by atoms with Gasteiger partial charge in [0.15, 0.2) is 0 Å². The topological polar surface area (TPSA) is 106 Å². The maximum absolute atomic E-state index is 13.5. The van der Waals surface area contributed by atoms with Crippen LogP contribution in [0.2, 0.25) is 0 Å². The van der Waals surface area contributed by atoms with E-state index in [0.29, 0.717) is 42.4 Å². The average molecular weight is 585 g/mol. The quantitative estimate of drug-likeness (QED) is 0.285. The summed E-state index contributed by atoms with van der Waals surface area (Å²) in [7, 11) is -3.60. The van der Waals surface area contributed by atoms with E-state index in [1.165, 1.54) is 23.1 Å². The van der Waals surface area contributed by atoms with E-state index in [1.54, 1.807) is 28.7 Å². The summed E-state index contributed by atoms with van der Waals surface area (Å²) in [5, 5.41) is 1.69. The Morgan fingerprint density at radius 2 is 1.69 bits per heavy atom. The molecule has 9 nitrogen and oxygen atoms in total. The van der Waals surface area contributed by atoms with Crippen LogP contribution in [0.5, 0.6) is 0 Å². The Kier molecular flexibility index (Phi) is 7.76. The predicted molar refractivity (Wildman–Crippen MR) is 162 cm³/mol. The highest BCUT2D eigenvalue weighted by atomic mass is 32.2. The monoisotopic (exact) mass is 584 g/mol. The smallest absolute Gasteiger partial charge is 0.416 e. The minimum Gasteiger partial charge on any atom is -0.416 e. The van der Waals surface area contributed by atoms with E-state index in [9.17, 15) is 13.2 Å². The fourth-order valence-electron chi connectivity index (χ4n) is 5.65. The molecular weight excluding hydrogens is 552 g/mol. The Hall–Kier alpha value is -4.12. The lowest BCUT2D eigenvalue weighted by Gasteiger charge is -2.41. The third kappa shape index (κ3) is 5.65. The number of pyridine rings is 1. The second-order valence-corrected chi connectivity index (χ2v) is 12.6. The highest BCUT2D eigenvalue weighted by Crippen LogP contribution is 2.33. The molecular formula is C32H32N4O5S. The summed E-state index contributed by atoms with van der Waals surface area (Å²) < 4.78 is 38.9. The number of sulfonamides is 1. The van der Waals surface area contributed by atoms with Crippen molar-refractivity contribution >= 4 is 37.5 Å². The van der Waals surface area contributed by atoms with E-state index in [-0.39, 0.29) is 6.04 Å². The van der Waals surface area contributed by atoms with Crippen LogP contribution >= 0.6 is 0 Å². The van der Waals surface area contributed by atoms with Crippen molar-refractivity contribution < 1.29 is 17.6 Å². The molecule has 0 spiro atoms. The van der Waals surface area contributed by atoms with Gasteiger partial charge in [-0.2, -0.15) is 9.29 Å². The van der Waals surface area contributed by atoms with Crippen molar-refractivity contribution in [3.8, 4) is 0 Å². The molecule has 2 aromatic heterocycles. The molecule has 1 fully saturated rings. The van der Waals surface area contributed by atoms with Gasteiger partial charge in [0.1, 0.15) is 17.9 Å². The molecule has 3 aromatic carbocycles. The molecule has 0 radical (unpaired) electrons. The van der Waals surface area contributed by atoms with Crippen LogP contribution in [0.15, 0.2) is 93.3 Å². The van der Waals surface area contributed by atoms with Crippen LogP contribution in [-0.4, -0.2) is 48.6 Å². The standard InChI is InChI=1S/C24H27N3O3S.C8H5NO2/c1-17-6-7-22-20(12-17)15-30-16-27(22)21-8-10-26(11-9-21)31(28,29)23-5-3-4-19-13-18(2)14-25-24(19)23;10-8-9-7-4-2-1-3-6(7)5-11-8/h3-7,12-14,21H,8-11,15-16H2,1-2H3;1-5H. The number of piperidine rings is 1. The molecule has 0 N–H and O–H groups in total. The number of para-hydroxylation sites is 2. The van der Waals surface area contributed by atoms with Crippen molar-refractivity contribution in [2.24, 2.45) is 0 Å². The van der Waals surface area contributed by atoms with Gasteiger partial charge in [0.2, 0.25) is 10.0 Å². The first-order chi connectivity index (χ1) is 20.3. The highest BCUT2D eigenvalue weighted by molar-refractivity contribution is 7.89. The molecule has 0 unspecified atom stereocenters. The first-order valence-electron chi connectivity index (χ1n) is 13.9. The maximum atomic E-state index is 13.5. The van der Waals surface area contributed by atoms with Crippen molar-refractivity contribution in [3.63, 3.8) is 0 Å². The summed E-state index contributed by atoms with van der Waals surface area (Å²) in [6.07, 6.45) is 4.67. The number of benzene rings is 3. The van der Waals surface area contributed by atoms with Gasteiger partial charge in [0.25, 0.3) is 0 Å². The molecule has 0 bridgehead atoms. The van der Waals surface area contributed by atoms with Gasteiger partial charge in [0, 0.05) is 47.4 Å². The lowest BCUT2D eigenvalue weighted by atomic mass is 10.0. The van der Waals surface area contributed by atoms with Crippen LogP contribution in [0.4, 0.5) is 5.69 Å². The van der Waals surface area contributed by atoms with Crippen molar-refractivity contribution in [2.75, 3.05) is 24.7 Å². The molecule has 10 heteroatoms. The predicted octanol–water partition coefficient (Wildman–Crippen LogP) is 5.19. The van der Waals surface area contributed by atoms with E-state index in [1.807, 2.05) is 37.3 Å². The van der Waals surface area contributed by atoms with E-state index in [0.717, 1.165) is 29.2 Å². The van der Waals surface area contributed by atoms with Gasteiger partial charge in [-0.05, 0) is 62.6 Å². The lowest BCUT2D eigenvalue weighted by molar-refractivity contribution is 0.0987. The van der Waals surface area contributed by atoms with Gasteiger partial charge in [-0.25, -0.2) is 13.2 Å². The zero-order chi connectivity index (χ0) is 29.3. The second-order valence-electron chi connectivity index (χ2n) is 10.7. The number of nitrogens with zero attached hydrogens (tertiary/aromatic N) is 4. The molecule has 42 heavy (non-hydrogen) atoms. The summed E-state index contributed by atoms with van der Waals surface area (Å²) in [6.45, 7) is 6.22. The van der Waals surface area contributed by atoms with Crippen LogP contribution in [0.1, 0.15) is 29.5 Å². The number of aryl methyl sites for hydroxylation is 2. The van der Waals surface area contributed by atoms with Crippen molar-refractivity contribution in [2.45, 2.75) is 44.2 Å². The lowest BCUT2D eigenvalue weighted by Crippen LogP contribution is -2.48. The summed E-state index contributed by atoms with van der Waals surface area (Å²) in [4.78, 5) is 21.3. The third-order valence-electron chi connectivity index (χ3n) is 7.76. The van der Waals surface area contributed by atoms with Gasteiger partial charge < -0.3 is 14.1 Å². The number of hydrogen-bond donors (Lipinski definition) is 0. The molecule has 0 amide bonds. The molecule has 4 heterocycles. The molecule has 7 rings (SSSR count). The van der Waals surface area contributed by atoms with Gasteiger partial charge in [-0.1, -0.05) is 42.0 Å². The van der Waals surface area contributed by atoms with Crippen molar-refractivity contribution in [1.29, 1.82) is 0 Å².